The van der Waals surface area contributed by atoms with Crippen molar-refractivity contribution in [3.05, 3.63) is 29.6 Å². The first-order valence-corrected chi connectivity index (χ1v) is 12.5. The number of rotatable bonds is 6. The molecule has 3 nitrogen and oxygen atoms in total. The van der Waals surface area contributed by atoms with Crippen LogP contribution in [0.1, 0.15) is 89.5 Å². The third kappa shape index (κ3) is 5.13. The van der Waals surface area contributed by atoms with Crippen molar-refractivity contribution in [2.75, 3.05) is 0 Å². The van der Waals surface area contributed by atoms with E-state index in [1.807, 2.05) is 0 Å². The predicted molar refractivity (Wildman–Crippen MR) is 119 cm³/mol. The van der Waals surface area contributed by atoms with E-state index in [1.165, 1.54) is 69.9 Å². The molecule has 31 heavy (non-hydrogen) atoms. The highest BCUT2D eigenvalue weighted by atomic mass is 19.1. The number of carbonyl (C=O) groups is 1. The first-order valence-electron chi connectivity index (χ1n) is 12.5. The van der Waals surface area contributed by atoms with Crippen molar-refractivity contribution in [1.29, 1.82) is 5.26 Å². The summed E-state index contributed by atoms with van der Waals surface area (Å²) >= 11 is 0. The Bertz CT molecular complexity index is 816. The van der Waals surface area contributed by atoms with Crippen LogP contribution >= 0.6 is 0 Å². The number of carbonyl (C=O) groups excluding carboxylic acids is 1. The molecule has 0 radical (unpaired) electrons. The summed E-state index contributed by atoms with van der Waals surface area (Å²) in [6.45, 7) is 2.28. The zero-order valence-electron chi connectivity index (χ0n) is 18.8. The lowest BCUT2D eigenvalue weighted by atomic mass is 9.55. The molecule has 6 atom stereocenters. The Kier molecular flexibility index (Phi) is 7.31. The maximum Gasteiger partial charge on any atom is 0.314 e. The molecule has 4 heteroatoms. The Labute approximate surface area is 186 Å². The minimum Gasteiger partial charge on any atom is -0.426 e. The lowest BCUT2D eigenvalue weighted by Gasteiger charge is -2.50. The van der Waals surface area contributed by atoms with E-state index in [4.69, 9.17) is 10.00 Å². The van der Waals surface area contributed by atoms with Crippen LogP contribution in [0.3, 0.4) is 0 Å². The van der Waals surface area contributed by atoms with Crippen molar-refractivity contribution in [3.63, 3.8) is 0 Å². The molecule has 0 amide bonds. The molecule has 0 aliphatic heterocycles. The van der Waals surface area contributed by atoms with Gasteiger partial charge in [0.2, 0.25) is 0 Å². The maximum absolute atomic E-state index is 13.8. The molecule has 6 unspecified atom stereocenters. The van der Waals surface area contributed by atoms with Crippen LogP contribution < -0.4 is 4.74 Å². The van der Waals surface area contributed by atoms with Gasteiger partial charge in [0.25, 0.3) is 0 Å². The predicted octanol–water partition coefficient (Wildman–Crippen LogP) is 7.04. The van der Waals surface area contributed by atoms with Gasteiger partial charge in [-0.05, 0) is 86.7 Å². The molecular formula is C27H36FNO2. The number of nitrogens with zero attached hydrogens (tertiary/aromatic N) is 1. The molecule has 0 heterocycles. The Morgan fingerprint density at radius 3 is 2.52 bits per heavy atom. The fraction of sp³-hybridized carbons (Fsp3) is 0.704. The number of hydrogen-bond donors (Lipinski definition) is 0. The second-order valence-corrected chi connectivity index (χ2v) is 10.3. The summed E-state index contributed by atoms with van der Waals surface area (Å²) in [7, 11) is 0. The first-order chi connectivity index (χ1) is 15.1. The van der Waals surface area contributed by atoms with Crippen LogP contribution in [0.25, 0.3) is 0 Å². The molecule has 1 aromatic rings. The van der Waals surface area contributed by atoms with Crippen LogP contribution in [0.15, 0.2) is 18.2 Å². The van der Waals surface area contributed by atoms with Crippen molar-refractivity contribution in [2.24, 2.45) is 35.5 Å². The minimum atomic E-state index is -0.639. The largest absolute Gasteiger partial charge is 0.426 e. The van der Waals surface area contributed by atoms with E-state index in [0.717, 1.165) is 49.0 Å². The zero-order chi connectivity index (χ0) is 21.8. The first kappa shape index (κ1) is 22.3. The lowest BCUT2D eigenvalue weighted by molar-refractivity contribution is -0.142. The summed E-state index contributed by atoms with van der Waals surface area (Å²) in [5.41, 5.74) is -0.0304. The van der Waals surface area contributed by atoms with Crippen LogP contribution in [0.2, 0.25) is 0 Å². The number of fused-ring (bicyclic) bond motifs is 3. The van der Waals surface area contributed by atoms with E-state index in [0.29, 0.717) is 5.92 Å². The number of benzene rings is 1. The molecular weight excluding hydrogens is 389 g/mol. The van der Waals surface area contributed by atoms with E-state index in [-0.39, 0.29) is 23.2 Å². The Hall–Kier alpha value is -1.89. The van der Waals surface area contributed by atoms with Gasteiger partial charge >= 0.3 is 5.97 Å². The van der Waals surface area contributed by atoms with Gasteiger partial charge in [-0.25, -0.2) is 4.39 Å². The lowest BCUT2D eigenvalue weighted by Crippen LogP contribution is -2.42. The summed E-state index contributed by atoms with van der Waals surface area (Å²) in [5, 5.41) is 8.85. The van der Waals surface area contributed by atoms with Crippen molar-refractivity contribution < 1.29 is 13.9 Å². The maximum atomic E-state index is 13.8. The summed E-state index contributed by atoms with van der Waals surface area (Å²) in [6, 6.07) is 5.82. The average Bonchev–Trinajstić information content (AvgIpc) is 2.78. The van der Waals surface area contributed by atoms with Gasteiger partial charge < -0.3 is 4.74 Å². The molecule has 3 fully saturated rings. The van der Waals surface area contributed by atoms with E-state index in [1.54, 1.807) is 6.07 Å². The van der Waals surface area contributed by atoms with Gasteiger partial charge in [0, 0.05) is 6.07 Å². The molecule has 168 valence electrons. The molecule has 0 N–H and O–H groups in total. The van der Waals surface area contributed by atoms with Crippen LogP contribution in [0.4, 0.5) is 4.39 Å². The fourth-order valence-corrected chi connectivity index (χ4v) is 6.90. The second kappa shape index (κ2) is 10.2. The molecule has 4 rings (SSSR count). The number of unbranched alkanes of at least 4 members (excludes halogenated alkanes) is 2. The smallest absolute Gasteiger partial charge is 0.314 e. The Morgan fingerprint density at radius 2 is 1.81 bits per heavy atom. The summed E-state index contributed by atoms with van der Waals surface area (Å²) in [6.07, 6.45) is 15.3. The van der Waals surface area contributed by atoms with Crippen molar-refractivity contribution in [1.82, 2.24) is 0 Å². The van der Waals surface area contributed by atoms with Gasteiger partial charge in [-0.2, -0.15) is 5.26 Å². The highest BCUT2D eigenvalue weighted by molar-refractivity contribution is 5.75. The van der Waals surface area contributed by atoms with Crippen molar-refractivity contribution >= 4 is 5.97 Å². The topological polar surface area (TPSA) is 50.1 Å². The number of nitriles is 1. The van der Waals surface area contributed by atoms with Crippen LogP contribution in [0, 0.1) is 52.7 Å². The summed E-state index contributed by atoms with van der Waals surface area (Å²) in [4.78, 5) is 12.7. The molecule has 1 aromatic carbocycles. The van der Waals surface area contributed by atoms with E-state index in [2.05, 4.69) is 6.92 Å². The number of esters is 1. The molecule has 3 aliphatic rings. The molecule has 0 spiro atoms. The van der Waals surface area contributed by atoms with E-state index >= 15 is 0 Å². The van der Waals surface area contributed by atoms with Gasteiger partial charge in [-0.3, -0.25) is 4.79 Å². The highest BCUT2D eigenvalue weighted by Crippen LogP contribution is 2.54. The quantitative estimate of drug-likeness (QED) is 0.279. The van der Waals surface area contributed by atoms with Crippen molar-refractivity contribution in [3.8, 4) is 11.8 Å². The molecule has 0 saturated heterocycles. The van der Waals surface area contributed by atoms with Gasteiger partial charge in [-0.15, -0.1) is 0 Å². The molecule has 3 aliphatic carbocycles. The normalized spacial score (nSPS) is 32.4. The van der Waals surface area contributed by atoms with Crippen molar-refractivity contribution in [2.45, 2.75) is 84.0 Å². The van der Waals surface area contributed by atoms with Crippen LogP contribution in [0.5, 0.6) is 5.75 Å². The minimum absolute atomic E-state index is 0.0304. The number of ether oxygens (including phenoxy) is 1. The van der Waals surface area contributed by atoms with Gasteiger partial charge in [0.05, 0.1) is 11.5 Å². The third-order valence-corrected chi connectivity index (χ3v) is 8.48. The third-order valence-electron chi connectivity index (χ3n) is 8.48. The van der Waals surface area contributed by atoms with Gasteiger partial charge in [0.15, 0.2) is 0 Å². The second-order valence-electron chi connectivity index (χ2n) is 10.3. The van der Waals surface area contributed by atoms with Crippen LogP contribution in [-0.4, -0.2) is 5.97 Å². The summed E-state index contributed by atoms with van der Waals surface area (Å²) in [5.74, 6) is 3.40. The van der Waals surface area contributed by atoms with Gasteiger partial charge in [-0.1, -0.05) is 39.0 Å². The van der Waals surface area contributed by atoms with Gasteiger partial charge in [0.1, 0.15) is 17.6 Å². The Morgan fingerprint density at radius 1 is 1.06 bits per heavy atom. The SMILES string of the molecule is CCCCCC1CCC2C(CCC3CC(C(=O)Oc4ccc(C#N)c(F)c4)CCC32)C1. The number of hydrogen-bond acceptors (Lipinski definition) is 3. The number of halogens is 1. The van der Waals surface area contributed by atoms with E-state index < -0.39 is 5.82 Å². The zero-order valence-corrected chi connectivity index (χ0v) is 18.8. The summed E-state index contributed by atoms with van der Waals surface area (Å²) < 4.78 is 19.3. The Balaban J connectivity index is 1.30. The molecule has 3 saturated carbocycles. The molecule has 0 bridgehead atoms. The highest BCUT2D eigenvalue weighted by Gasteiger charge is 2.45. The monoisotopic (exact) mass is 425 g/mol. The van der Waals surface area contributed by atoms with E-state index in [9.17, 15) is 9.18 Å². The average molecular weight is 426 g/mol. The van der Waals surface area contributed by atoms with Crippen LogP contribution in [-0.2, 0) is 4.79 Å². The molecule has 0 aromatic heterocycles. The fourth-order valence-electron chi connectivity index (χ4n) is 6.90. The standard InChI is InChI=1S/C27H36FNO2/c1-2-3-4-5-18-6-12-24-19(14-18)7-8-20-15-21(10-13-25(20)24)27(30)31-23-11-9-22(17-29)26(28)16-23/h9,11,16,18-21,24-25H,2-8,10,12-15H2,1H3.